The average Bonchev–Trinajstić information content (AvgIpc) is 2.38. The lowest BCUT2D eigenvalue weighted by molar-refractivity contribution is -0.138. The normalized spacial score (nSPS) is 25.3. The maximum absolute atomic E-state index is 12.4. The van der Waals surface area contributed by atoms with Crippen LogP contribution in [-0.2, 0) is 9.59 Å². The number of hydrogen-bond donors (Lipinski definition) is 2. The molecule has 0 spiro atoms. The molecule has 1 rings (SSSR count). The van der Waals surface area contributed by atoms with Crippen molar-refractivity contribution in [3.63, 3.8) is 0 Å². The summed E-state index contributed by atoms with van der Waals surface area (Å²) in [4.78, 5) is 25.6. The SMILES string of the molecule is CCC1(C(=O)NC(C)C(=O)N(C)C)CCCNC1. The zero-order valence-corrected chi connectivity index (χ0v) is 11.9. The van der Waals surface area contributed by atoms with E-state index in [0.29, 0.717) is 6.54 Å². The molecule has 0 aliphatic carbocycles. The molecule has 1 heterocycles. The van der Waals surface area contributed by atoms with Gasteiger partial charge in [-0.15, -0.1) is 0 Å². The lowest BCUT2D eigenvalue weighted by Gasteiger charge is -2.36. The lowest BCUT2D eigenvalue weighted by atomic mass is 9.77. The van der Waals surface area contributed by atoms with Crippen LogP contribution in [0.25, 0.3) is 0 Å². The van der Waals surface area contributed by atoms with Crippen LogP contribution in [0.3, 0.4) is 0 Å². The molecule has 0 aromatic heterocycles. The zero-order valence-electron chi connectivity index (χ0n) is 11.9. The molecule has 0 aromatic carbocycles. The van der Waals surface area contributed by atoms with E-state index in [1.807, 2.05) is 6.92 Å². The second-order valence-corrected chi connectivity index (χ2v) is 5.34. The highest BCUT2D eigenvalue weighted by Gasteiger charge is 2.38. The van der Waals surface area contributed by atoms with Gasteiger partial charge in [0, 0.05) is 20.6 Å². The van der Waals surface area contributed by atoms with Crippen molar-refractivity contribution in [2.75, 3.05) is 27.2 Å². The predicted molar refractivity (Wildman–Crippen MR) is 71.1 cm³/mol. The summed E-state index contributed by atoms with van der Waals surface area (Å²) in [5, 5.41) is 6.13. The maximum atomic E-state index is 12.4. The lowest BCUT2D eigenvalue weighted by Crippen LogP contribution is -2.54. The Morgan fingerprint density at radius 3 is 2.56 bits per heavy atom. The van der Waals surface area contributed by atoms with Crippen molar-refractivity contribution in [2.45, 2.75) is 39.2 Å². The van der Waals surface area contributed by atoms with Crippen LogP contribution in [0.4, 0.5) is 0 Å². The first-order valence-corrected chi connectivity index (χ1v) is 6.66. The Morgan fingerprint density at radius 1 is 1.44 bits per heavy atom. The van der Waals surface area contributed by atoms with Gasteiger partial charge in [-0.25, -0.2) is 0 Å². The van der Waals surface area contributed by atoms with E-state index in [-0.39, 0.29) is 17.2 Å². The summed E-state index contributed by atoms with van der Waals surface area (Å²) in [7, 11) is 3.39. The minimum Gasteiger partial charge on any atom is -0.347 e. The van der Waals surface area contributed by atoms with E-state index in [2.05, 4.69) is 10.6 Å². The van der Waals surface area contributed by atoms with Gasteiger partial charge in [0.15, 0.2) is 0 Å². The first-order valence-electron chi connectivity index (χ1n) is 6.66. The van der Waals surface area contributed by atoms with Crippen LogP contribution in [0, 0.1) is 5.41 Å². The number of likely N-dealkylation sites (N-methyl/N-ethyl adjacent to an activating group) is 1. The first kappa shape index (κ1) is 15.0. The van der Waals surface area contributed by atoms with E-state index in [9.17, 15) is 9.59 Å². The average molecular weight is 255 g/mol. The van der Waals surface area contributed by atoms with Crippen LogP contribution in [0.5, 0.6) is 0 Å². The van der Waals surface area contributed by atoms with Crippen molar-refractivity contribution in [3.05, 3.63) is 0 Å². The standard InChI is InChI=1S/C13H25N3O2/c1-5-13(7-6-8-14-9-13)12(18)15-10(2)11(17)16(3)4/h10,14H,5-9H2,1-4H3,(H,15,18). The van der Waals surface area contributed by atoms with Crippen molar-refractivity contribution in [3.8, 4) is 0 Å². The summed E-state index contributed by atoms with van der Waals surface area (Å²) in [6, 6.07) is -0.460. The molecule has 0 aromatic rings. The highest BCUT2D eigenvalue weighted by molar-refractivity contribution is 5.89. The van der Waals surface area contributed by atoms with Gasteiger partial charge < -0.3 is 15.5 Å². The molecule has 1 aliphatic rings. The largest absolute Gasteiger partial charge is 0.347 e. The molecule has 1 fully saturated rings. The third kappa shape index (κ3) is 3.22. The third-order valence-corrected chi connectivity index (χ3v) is 3.79. The molecular formula is C13H25N3O2. The molecule has 2 atom stereocenters. The molecular weight excluding hydrogens is 230 g/mol. The second kappa shape index (κ2) is 6.18. The zero-order chi connectivity index (χ0) is 13.8. The van der Waals surface area contributed by atoms with Gasteiger partial charge in [-0.1, -0.05) is 6.92 Å². The van der Waals surface area contributed by atoms with E-state index in [1.165, 1.54) is 4.90 Å². The van der Waals surface area contributed by atoms with Crippen molar-refractivity contribution >= 4 is 11.8 Å². The fourth-order valence-electron chi connectivity index (χ4n) is 2.42. The molecule has 0 radical (unpaired) electrons. The number of amides is 2. The number of carbonyl (C=O) groups excluding carboxylic acids is 2. The smallest absolute Gasteiger partial charge is 0.244 e. The van der Waals surface area contributed by atoms with Gasteiger partial charge in [0.25, 0.3) is 0 Å². The Morgan fingerprint density at radius 2 is 2.11 bits per heavy atom. The minimum absolute atomic E-state index is 0.0000926. The van der Waals surface area contributed by atoms with Crippen molar-refractivity contribution in [1.29, 1.82) is 0 Å². The predicted octanol–water partition coefficient (Wildman–Crippen LogP) is 0.359. The summed E-state index contributed by atoms with van der Waals surface area (Å²) in [5.74, 6) is -0.0710. The number of carbonyl (C=O) groups is 2. The van der Waals surface area contributed by atoms with E-state index < -0.39 is 6.04 Å². The number of hydrogen-bond acceptors (Lipinski definition) is 3. The van der Waals surface area contributed by atoms with Gasteiger partial charge in [0.2, 0.25) is 11.8 Å². The van der Waals surface area contributed by atoms with Crippen molar-refractivity contribution in [2.24, 2.45) is 5.41 Å². The molecule has 18 heavy (non-hydrogen) atoms. The maximum Gasteiger partial charge on any atom is 0.244 e. The Hall–Kier alpha value is -1.10. The van der Waals surface area contributed by atoms with Crippen LogP contribution in [0.2, 0.25) is 0 Å². The van der Waals surface area contributed by atoms with E-state index >= 15 is 0 Å². The number of nitrogens with one attached hydrogen (secondary N) is 2. The molecule has 5 nitrogen and oxygen atoms in total. The Balaban J connectivity index is 2.65. The second-order valence-electron chi connectivity index (χ2n) is 5.34. The van der Waals surface area contributed by atoms with Crippen LogP contribution < -0.4 is 10.6 Å². The van der Waals surface area contributed by atoms with Crippen LogP contribution in [0.1, 0.15) is 33.1 Å². The van der Waals surface area contributed by atoms with Gasteiger partial charge in [0.05, 0.1) is 5.41 Å². The fourth-order valence-corrected chi connectivity index (χ4v) is 2.42. The Kier molecular flexibility index (Phi) is 5.14. The van der Waals surface area contributed by atoms with Crippen LogP contribution in [0.15, 0.2) is 0 Å². The Bertz CT molecular complexity index is 309. The quantitative estimate of drug-likeness (QED) is 0.762. The van der Waals surface area contributed by atoms with Gasteiger partial charge in [0.1, 0.15) is 6.04 Å². The van der Waals surface area contributed by atoms with Gasteiger partial charge in [-0.3, -0.25) is 9.59 Å². The molecule has 2 unspecified atom stereocenters. The van der Waals surface area contributed by atoms with E-state index in [4.69, 9.17) is 0 Å². The van der Waals surface area contributed by atoms with Crippen LogP contribution >= 0.6 is 0 Å². The summed E-state index contributed by atoms with van der Waals surface area (Å²) >= 11 is 0. The first-order chi connectivity index (χ1) is 8.43. The van der Waals surface area contributed by atoms with Gasteiger partial charge in [-0.2, -0.15) is 0 Å². The molecule has 2 amide bonds. The van der Waals surface area contributed by atoms with E-state index in [0.717, 1.165) is 25.8 Å². The minimum atomic E-state index is -0.460. The summed E-state index contributed by atoms with van der Waals surface area (Å²) < 4.78 is 0. The van der Waals surface area contributed by atoms with E-state index in [1.54, 1.807) is 21.0 Å². The fraction of sp³-hybridized carbons (Fsp3) is 0.846. The van der Waals surface area contributed by atoms with Gasteiger partial charge >= 0.3 is 0 Å². The monoisotopic (exact) mass is 255 g/mol. The molecule has 1 aliphatic heterocycles. The molecule has 2 N–H and O–H groups in total. The van der Waals surface area contributed by atoms with Crippen LogP contribution in [-0.4, -0.2) is 49.9 Å². The highest BCUT2D eigenvalue weighted by atomic mass is 16.2. The summed E-state index contributed by atoms with van der Waals surface area (Å²) in [6.45, 7) is 5.45. The molecule has 0 bridgehead atoms. The molecule has 5 heteroatoms. The number of nitrogens with zero attached hydrogens (tertiary/aromatic N) is 1. The van der Waals surface area contributed by atoms with Crippen molar-refractivity contribution in [1.82, 2.24) is 15.5 Å². The molecule has 104 valence electrons. The number of piperidine rings is 1. The topological polar surface area (TPSA) is 61.4 Å². The third-order valence-electron chi connectivity index (χ3n) is 3.79. The molecule has 0 saturated carbocycles. The number of rotatable bonds is 4. The highest BCUT2D eigenvalue weighted by Crippen LogP contribution is 2.30. The summed E-state index contributed by atoms with van der Waals surface area (Å²) in [6.07, 6.45) is 2.71. The molecule has 1 saturated heterocycles. The Labute approximate surface area is 109 Å². The van der Waals surface area contributed by atoms with Crippen molar-refractivity contribution < 1.29 is 9.59 Å². The summed E-state index contributed by atoms with van der Waals surface area (Å²) in [5.41, 5.74) is -0.348. The van der Waals surface area contributed by atoms with Gasteiger partial charge in [-0.05, 0) is 32.7 Å².